The molecule has 2 N–H and O–H groups in total. The summed E-state index contributed by atoms with van der Waals surface area (Å²) in [5.41, 5.74) is 0. The molecule has 1 aliphatic carbocycles. The predicted octanol–water partition coefficient (Wildman–Crippen LogP) is 0.757. The van der Waals surface area contributed by atoms with Crippen molar-refractivity contribution in [1.29, 1.82) is 0 Å². The zero-order valence-electron chi connectivity index (χ0n) is 6.64. The second-order valence-corrected chi connectivity index (χ2v) is 3.29. The molecule has 1 aliphatic rings. The van der Waals surface area contributed by atoms with Crippen LogP contribution in [-0.2, 0) is 0 Å². The molecule has 0 aromatic rings. The summed E-state index contributed by atoms with van der Waals surface area (Å²) in [6, 6.07) is 0.683. The molecule has 2 atom stereocenters. The summed E-state index contributed by atoms with van der Waals surface area (Å²) in [5.74, 6) is 0.885. The summed E-state index contributed by atoms with van der Waals surface area (Å²) < 4.78 is 0. The fourth-order valence-electron chi connectivity index (χ4n) is 1.66. The molecule has 0 radical (unpaired) electrons. The van der Waals surface area contributed by atoms with Crippen LogP contribution in [0.1, 0.15) is 26.2 Å². The molecule has 2 heteroatoms. The van der Waals surface area contributed by atoms with Crippen LogP contribution in [0.4, 0.5) is 0 Å². The molecule has 0 spiro atoms. The molecule has 1 fully saturated rings. The van der Waals surface area contributed by atoms with Crippen molar-refractivity contribution >= 4 is 0 Å². The zero-order valence-corrected chi connectivity index (χ0v) is 6.64. The third kappa shape index (κ3) is 2.27. The summed E-state index contributed by atoms with van der Waals surface area (Å²) in [5, 5.41) is 11.8. The molecule has 0 aromatic carbocycles. The molecule has 1 saturated carbocycles. The van der Waals surface area contributed by atoms with Gasteiger partial charge in [0.1, 0.15) is 0 Å². The van der Waals surface area contributed by atoms with Gasteiger partial charge in [-0.2, -0.15) is 0 Å². The van der Waals surface area contributed by atoms with Gasteiger partial charge >= 0.3 is 0 Å². The lowest BCUT2D eigenvalue weighted by Crippen LogP contribution is -2.28. The van der Waals surface area contributed by atoms with Gasteiger partial charge < -0.3 is 10.4 Å². The lowest BCUT2D eigenvalue weighted by atomic mass is 10.1. The maximum atomic E-state index is 8.53. The number of hydrogen-bond acceptors (Lipinski definition) is 2. The highest BCUT2D eigenvalue weighted by atomic mass is 16.3. The normalized spacial score (nSPS) is 33.0. The largest absolute Gasteiger partial charge is 0.395 e. The Kier molecular flexibility index (Phi) is 3.16. The van der Waals surface area contributed by atoms with E-state index in [0.29, 0.717) is 6.04 Å². The van der Waals surface area contributed by atoms with Crippen LogP contribution in [0.15, 0.2) is 0 Å². The first-order chi connectivity index (χ1) is 4.83. The summed E-state index contributed by atoms with van der Waals surface area (Å²) in [6.07, 6.45) is 3.93. The van der Waals surface area contributed by atoms with Gasteiger partial charge in [-0.15, -0.1) is 0 Å². The molecule has 2 nitrogen and oxygen atoms in total. The number of nitrogens with one attached hydrogen (secondary N) is 1. The lowest BCUT2D eigenvalue weighted by molar-refractivity contribution is 0.283. The first-order valence-corrected chi connectivity index (χ1v) is 4.17. The first kappa shape index (κ1) is 8.02. The quantitative estimate of drug-likeness (QED) is 0.611. The van der Waals surface area contributed by atoms with E-state index in [0.717, 1.165) is 12.5 Å². The van der Waals surface area contributed by atoms with Crippen molar-refractivity contribution in [3.05, 3.63) is 0 Å². The molecular formula is C8H17NO. The predicted molar refractivity (Wildman–Crippen MR) is 41.9 cm³/mol. The number of aliphatic hydroxyl groups is 1. The smallest absolute Gasteiger partial charge is 0.0556 e. The SMILES string of the molecule is CC1CCC(NCCO)C1. The summed E-state index contributed by atoms with van der Waals surface area (Å²) >= 11 is 0. The van der Waals surface area contributed by atoms with Gasteiger partial charge in [0.2, 0.25) is 0 Å². The molecule has 0 aliphatic heterocycles. The van der Waals surface area contributed by atoms with Crippen LogP contribution in [0.3, 0.4) is 0 Å². The second kappa shape index (κ2) is 3.94. The maximum Gasteiger partial charge on any atom is 0.0556 e. The van der Waals surface area contributed by atoms with Gasteiger partial charge in [-0.3, -0.25) is 0 Å². The standard InChI is InChI=1S/C8H17NO/c1-7-2-3-8(6-7)9-4-5-10/h7-10H,2-6H2,1H3. The molecule has 2 unspecified atom stereocenters. The van der Waals surface area contributed by atoms with E-state index in [1.165, 1.54) is 19.3 Å². The van der Waals surface area contributed by atoms with Gasteiger partial charge in [0.15, 0.2) is 0 Å². The van der Waals surface area contributed by atoms with Crippen molar-refractivity contribution in [2.75, 3.05) is 13.2 Å². The fourth-order valence-corrected chi connectivity index (χ4v) is 1.66. The minimum absolute atomic E-state index is 0.269. The molecule has 0 aromatic heterocycles. The molecular weight excluding hydrogens is 126 g/mol. The van der Waals surface area contributed by atoms with E-state index in [-0.39, 0.29) is 6.61 Å². The Bertz CT molecular complexity index is 95.3. The average molecular weight is 143 g/mol. The summed E-state index contributed by atoms with van der Waals surface area (Å²) in [4.78, 5) is 0. The lowest BCUT2D eigenvalue weighted by Gasteiger charge is -2.09. The molecule has 1 rings (SSSR count). The molecule has 0 saturated heterocycles. The van der Waals surface area contributed by atoms with Crippen LogP contribution in [-0.4, -0.2) is 24.3 Å². The van der Waals surface area contributed by atoms with Gasteiger partial charge in [-0.25, -0.2) is 0 Å². The third-order valence-corrected chi connectivity index (χ3v) is 2.24. The Hall–Kier alpha value is -0.0800. The Labute approximate surface area is 62.6 Å². The number of hydrogen-bond donors (Lipinski definition) is 2. The fraction of sp³-hybridized carbons (Fsp3) is 1.00. The molecule has 0 bridgehead atoms. The molecule has 60 valence electrons. The van der Waals surface area contributed by atoms with Crippen LogP contribution in [0.25, 0.3) is 0 Å². The second-order valence-electron chi connectivity index (χ2n) is 3.29. The van der Waals surface area contributed by atoms with E-state index in [1.807, 2.05) is 0 Å². The van der Waals surface area contributed by atoms with Crippen molar-refractivity contribution in [3.63, 3.8) is 0 Å². The first-order valence-electron chi connectivity index (χ1n) is 4.17. The Morgan fingerprint density at radius 1 is 1.50 bits per heavy atom. The van der Waals surface area contributed by atoms with E-state index in [2.05, 4.69) is 12.2 Å². The highest BCUT2D eigenvalue weighted by Crippen LogP contribution is 2.24. The van der Waals surface area contributed by atoms with Gasteiger partial charge in [0.25, 0.3) is 0 Å². The Morgan fingerprint density at radius 2 is 2.30 bits per heavy atom. The Morgan fingerprint density at radius 3 is 2.80 bits per heavy atom. The zero-order chi connectivity index (χ0) is 7.40. The topological polar surface area (TPSA) is 32.3 Å². The average Bonchev–Trinajstić information content (AvgIpc) is 2.31. The van der Waals surface area contributed by atoms with Crippen molar-refractivity contribution in [2.24, 2.45) is 5.92 Å². The highest BCUT2D eigenvalue weighted by Gasteiger charge is 2.19. The van der Waals surface area contributed by atoms with E-state index >= 15 is 0 Å². The van der Waals surface area contributed by atoms with E-state index in [4.69, 9.17) is 5.11 Å². The number of aliphatic hydroxyl groups excluding tert-OH is 1. The molecule has 0 amide bonds. The van der Waals surface area contributed by atoms with Crippen LogP contribution in [0.5, 0.6) is 0 Å². The highest BCUT2D eigenvalue weighted by molar-refractivity contribution is 4.77. The van der Waals surface area contributed by atoms with Gasteiger partial charge in [-0.05, 0) is 25.2 Å². The minimum Gasteiger partial charge on any atom is -0.395 e. The number of rotatable bonds is 3. The van der Waals surface area contributed by atoms with Crippen LogP contribution < -0.4 is 5.32 Å². The monoisotopic (exact) mass is 143 g/mol. The summed E-state index contributed by atoms with van der Waals surface area (Å²) in [7, 11) is 0. The van der Waals surface area contributed by atoms with Crippen molar-refractivity contribution in [1.82, 2.24) is 5.32 Å². The van der Waals surface area contributed by atoms with Crippen LogP contribution in [0.2, 0.25) is 0 Å². The van der Waals surface area contributed by atoms with E-state index in [9.17, 15) is 0 Å². The van der Waals surface area contributed by atoms with E-state index in [1.54, 1.807) is 0 Å². The van der Waals surface area contributed by atoms with Crippen molar-refractivity contribution < 1.29 is 5.11 Å². The summed E-state index contributed by atoms with van der Waals surface area (Å²) in [6.45, 7) is 3.32. The molecule has 10 heavy (non-hydrogen) atoms. The van der Waals surface area contributed by atoms with Crippen molar-refractivity contribution in [3.8, 4) is 0 Å². The van der Waals surface area contributed by atoms with Crippen molar-refractivity contribution in [2.45, 2.75) is 32.2 Å². The van der Waals surface area contributed by atoms with Gasteiger partial charge in [0, 0.05) is 12.6 Å². The van der Waals surface area contributed by atoms with Crippen LogP contribution >= 0.6 is 0 Å². The Balaban J connectivity index is 2.06. The maximum absolute atomic E-state index is 8.53. The minimum atomic E-state index is 0.269. The van der Waals surface area contributed by atoms with Crippen LogP contribution in [0, 0.1) is 5.92 Å². The van der Waals surface area contributed by atoms with Gasteiger partial charge in [-0.1, -0.05) is 6.92 Å². The molecule has 0 heterocycles. The van der Waals surface area contributed by atoms with E-state index < -0.39 is 0 Å². The third-order valence-electron chi connectivity index (χ3n) is 2.24. The van der Waals surface area contributed by atoms with Gasteiger partial charge in [0.05, 0.1) is 6.61 Å².